The molecular formula is C25H19Br. The quantitative estimate of drug-likeness (QED) is 0.310. The molecule has 0 unspecified atom stereocenters. The van der Waals surface area contributed by atoms with Gasteiger partial charge >= 0.3 is 0 Å². The van der Waals surface area contributed by atoms with Crippen LogP contribution in [0.4, 0.5) is 0 Å². The first-order valence-corrected chi connectivity index (χ1v) is 9.78. The van der Waals surface area contributed by atoms with E-state index in [1.54, 1.807) is 0 Å². The fourth-order valence-electron chi connectivity index (χ4n) is 4.35. The van der Waals surface area contributed by atoms with E-state index in [-0.39, 0.29) is 5.41 Å². The van der Waals surface area contributed by atoms with E-state index < -0.39 is 0 Å². The van der Waals surface area contributed by atoms with Gasteiger partial charge in [-0.2, -0.15) is 0 Å². The van der Waals surface area contributed by atoms with Gasteiger partial charge in [0.2, 0.25) is 0 Å². The van der Waals surface area contributed by atoms with Gasteiger partial charge in [0.25, 0.3) is 0 Å². The minimum Gasteiger partial charge on any atom is -0.0616 e. The Morgan fingerprint density at radius 2 is 1.38 bits per heavy atom. The smallest absolute Gasteiger partial charge is 0.0175 e. The lowest BCUT2D eigenvalue weighted by Gasteiger charge is -2.21. The number of benzene rings is 4. The molecule has 0 spiro atoms. The van der Waals surface area contributed by atoms with Crippen LogP contribution in [0, 0.1) is 0 Å². The standard InChI is InChI=1S/C25H19Br/c1-25(2)22-13-10-18(16-7-11-19(26)12-8-16)15-21(22)24-20-6-4-3-5-17(20)9-14-23(24)25/h3-15H,1-2H3. The highest BCUT2D eigenvalue weighted by Gasteiger charge is 2.36. The van der Waals surface area contributed by atoms with Gasteiger partial charge in [0, 0.05) is 9.89 Å². The zero-order chi connectivity index (χ0) is 17.9. The monoisotopic (exact) mass is 398 g/mol. The first-order valence-electron chi connectivity index (χ1n) is 8.99. The predicted molar refractivity (Wildman–Crippen MR) is 115 cm³/mol. The lowest BCUT2D eigenvalue weighted by Crippen LogP contribution is -2.14. The molecule has 4 aromatic carbocycles. The molecule has 1 aliphatic rings. The van der Waals surface area contributed by atoms with Crippen LogP contribution in [0.15, 0.2) is 83.3 Å². The van der Waals surface area contributed by atoms with Gasteiger partial charge in [-0.15, -0.1) is 0 Å². The third-order valence-electron chi connectivity index (χ3n) is 5.74. The summed E-state index contributed by atoms with van der Waals surface area (Å²) in [5.74, 6) is 0. The maximum absolute atomic E-state index is 3.53. The second-order valence-corrected chi connectivity index (χ2v) is 8.52. The van der Waals surface area contributed by atoms with Gasteiger partial charge in [-0.05, 0) is 62.4 Å². The van der Waals surface area contributed by atoms with Crippen LogP contribution in [0.5, 0.6) is 0 Å². The molecule has 0 atom stereocenters. The molecule has 0 heterocycles. The third-order valence-corrected chi connectivity index (χ3v) is 6.27. The molecule has 0 bridgehead atoms. The first kappa shape index (κ1) is 15.8. The number of hydrogen-bond acceptors (Lipinski definition) is 0. The van der Waals surface area contributed by atoms with E-state index in [1.807, 2.05) is 0 Å². The zero-order valence-electron chi connectivity index (χ0n) is 14.9. The average Bonchev–Trinajstić information content (AvgIpc) is 2.89. The Balaban J connectivity index is 1.81. The fourth-order valence-corrected chi connectivity index (χ4v) is 4.61. The molecule has 4 aromatic rings. The molecule has 126 valence electrons. The van der Waals surface area contributed by atoms with E-state index in [0.29, 0.717) is 0 Å². The second-order valence-electron chi connectivity index (χ2n) is 7.60. The van der Waals surface area contributed by atoms with Gasteiger partial charge in [-0.1, -0.05) is 90.4 Å². The summed E-state index contributed by atoms with van der Waals surface area (Å²) in [6.45, 7) is 4.68. The van der Waals surface area contributed by atoms with Gasteiger partial charge in [-0.3, -0.25) is 0 Å². The summed E-state index contributed by atoms with van der Waals surface area (Å²) < 4.78 is 1.11. The first-order chi connectivity index (χ1) is 12.6. The van der Waals surface area contributed by atoms with Gasteiger partial charge < -0.3 is 0 Å². The molecule has 0 aromatic heterocycles. The van der Waals surface area contributed by atoms with Crippen LogP contribution in [0.25, 0.3) is 33.0 Å². The van der Waals surface area contributed by atoms with Crippen molar-refractivity contribution in [2.24, 2.45) is 0 Å². The molecule has 0 nitrogen and oxygen atoms in total. The molecule has 0 N–H and O–H groups in total. The molecule has 0 saturated carbocycles. The van der Waals surface area contributed by atoms with Crippen molar-refractivity contribution in [3.05, 3.63) is 94.5 Å². The molecule has 5 rings (SSSR count). The molecule has 0 aliphatic heterocycles. The summed E-state index contributed by atoms with van der Waals surface area (Å²) >= 11 is 3.53. The molecular weight excluding hydrogens is 380 g/mol. The number of rotatable bonds is 1. The van der Waals surface area contributed by atoms with Crippen molar-refractivity contribution in [2.75, 3.05) is 0 Å². The van der Waals surface area contributed by atoms with Crippen molar-refractivity contribution >= 4 is 26.7 Å². The van der Waals surface area contributed by atoms with Crippen molar-refractivity contribution in [3.63, 3.8) is 0 Å². The molecule has 0 saturated heterocycles. The van der Waals surface area contributed by atoms with Crippen molar-refractivity contribution < 1.29 is 0 Å². The van der Waals surface area contributed by atoms with E-state index in [4.69, 9.17) is 0 Å². The summed E-state index contributed by atoms with van der Waals surface area (Å²) in [6, 6.07) is 28.8. The summed E-state index contributed by atoms with van der Waals surface area (Å²) in [5.41, 5.74) is 8.19. The molecule has 26 heavy (non-hydrogen) atoms. The van der Waals surface area contributed by atoms with Crippen molar-refractivity contribution in [1.29, 1.82) is 0 Å². The summed E-state index contributed by atoms with van der Waals surface area (Å²) in [4.78, 5) is 0. The topological polar surface area (TPSA) is 0 Å². The van der Waals surface area contributed by atoms with E-state index >= 15 is 0 Å². The van der Waals surface area contributed by atoms with Gasteiger partial charge in [-0.25, -0.2) is 0 Å². The van der Waals surface area contributed by atoms with Crippen LogP contribution < -0.4 is 0 Å². The summed E-state index contributed by atoms with van der Waals surface area (Å²) in [7, 11) is 0. The molecule has 1 heteroatoms. The van der Waals surface area contributed by atoms with Crippen molar-refractivity contribution in [1.82, 2.24) is 0 Å². The lowest BCUT2D eigenvalue weighted by molar-refractivity contribution is 0.661. The van der Waals surface area contributed by atoms with Gasteiger partial charge in [0.15, 0.2) is 0 Å². The van der Waals surface area contributed by atoms with E-state index in [1.165, 1.54) is 44.2 Å². The maximum atomic E-state index is 3.53. The number of fused-ring (bicyclic) bond motifs is 5. The molecule has 0 radical (unpaired) electrons. The van der Waals surface area contributed by atoms with Crippen LogP contribution in [-0.4, -0.2) is 0 Å². The summed E-state index contributed by atoms with van der Waals surface area (Å²) in [5, 5.41) is 2.66. The predicted octanol–water partition coefficient (Wildman–Crippen LogP) is 7.58. The minimum absolute atomic E-state index is 0.0347. The Morgan fingerprint density at radius 3 is 2.19 bits per heavy atom. The summed E-state index contributed by atoms with van der Waals surface area (Å²) in [6.07, 6.45) is 0. The second kappa shape index (κ2) is 5.56. The molecule has 0 amide bonds. The highest BCUT2D eigenvalue weighted by atomic mass is 79.9. The highest BCUT2D eigenvalue weighted by Crippen LogP contribution is 2.52. The number of hydrogen-bond donors (Lipinski definition) is 0. The highest BCUT2D eigenvalue weighted by molar-refractivity contribution is 9.10. The van der Waals surface area contributed by atoms with Gasteiger partial charge in [0.1, 0.15) is 0 Å². The van der Waals surface area contributed by atoms with Crippen LogP contribution in [0.1, 0.15) is 25.0 Å². The Hall–Kier alpha value is -2.38. The lowest BCUT2D eigenvalue weighted by atomic mass is 9.82. The van der Waals surface area contributed by atoms with E-state index in [0.717, 1.165) is 4.47 Å². The van der Waals surface area contributed by atoms with Crippen molar-refractivity contribution in [3.8, 4) is 22.3 Å². The SMILES string of the molecule is CC1(C)c2ccc(-c3ccc(Br)cc3)cc2-c2c1ccc1ccccc21. The van der Waals surface area contributed by atoms with Crippen molar-refractivity contribution in [2.45, 2.75) is 19.3 Å². The normalized spacial score (nSPS) is 14.3. The minimum atomic E-state index is 0.0347. The maximum Gasteiger partial charge on any atom is 0.0175 e. The Labute approximate surface area is 162 Å². The van der Waals surface area contributed by atoms with Gasteiger partial charge in [0.05, 0.1) is 0 Å². The fraction of sp³-hybridized carbons (Fsp3) is 0.120. The molecule has 0 fully saturated rings. The Morgan fingerprint density at radius 1 is 0.692 bits per heavy atom. The Kier molecular flexibility index (Phi) is 3.39. The largest absolute Gasteiger partial charge is 0.0616 e. The van der Waals surface area contributed by atoms with E-state index in [2.05, 4.69) is 109 Å². The zero-order valence-corrected chi connectivity index (χ0v) is 16.5. The van der Waals surface area contributed by atoms with E-state index in [9.17, 15) is 0 Å². The average molecular weight is 399 g/mol. The van der Waals surface area contributed by atoms with Crippen LogP contribution in [-0.2, 0) is 5.41 Å². The third kappa shape index (κ3) is 2.20. The molecule has 1 aliphatic carbocycles. The Bertz CT molecular complexity index is 1150. The van der Waals surface area contributed by atoms with Crippen LogP contribution >= 0.6 is 15.9 Å². The van der Waals surface area contributed by atoms with Crippen LogP contribution in [0.3, 0.4) is 0 Å². The van der Waals surface area contributed by atoms with Crippen LogP contribution in [0.2, 0.25) is 0 Å². The number of halogens is 1.